The number of rotatable bonds is 5. The molecule has 0 spiro atoms. The fraction of sp³-hybridized carbons (Fsp3) is 0.400. The molecule has 0 unspecified atom stereocenters. The van der Waals surface area contributed by atoms with E-state index in [1.54, 1.807) is 17.2 Å². The molecule has 0 saturated heterocycles. The van der Waals surface area contributed by atoms with Gasteiger partial charge in [-0.25, -0.2) is 0 Å². The summed E-state index contributed by atoms with van der Waals surface area (Å²) in [7, 11) is 1.98. The van der Waals surface area contributed by atoms with Gasteiger partial charge in [0.1, 0.15) is 17.3 Å². The molecule has 3 aromatic heterocycles. The van der Waals surface area contributed by atoms with Crippen LogP contribution in [0.15, 0.2) is 33.3 Å². The number of carbonyl (C=O) groups excluding carboxylic acids is 1. The Bertz CT molecular complexity index is 934. The molecule has 0 aromatic carbocycles. The van der Waals surface area contributed by atoms with Crippen LogP contribution in [0.5, 0.6) is 0 Å². The fourth-order valence-electron chi connectivity index (χ4n) is 3.81. The van der Waals surface area contributed by atoms with E-state index in [1.165, 1.54) is 11.3 Å². The van der Waals surface area contributed by atoms with Crippen molar-refractivity contribution in [3.8, 4) is 0 Å². The molecule has 136 valence electrons. The summed E-state index contributed by atoms with van der Waals surface area (Å²) in [6, 6.07) is 5.52. The van der Waals surface area contributed by atoms with Gasteiger partial charge in [-0.15, -0.1) is 0 Å². The molecule has 1 aliphatic rings. The maximum atomic E-state index is 13.2. The standard InChI is InChI=1S/C20H23N3O3/c1-13-10-17(14(2)26-13)20(24)23(11-15-6-5-9-25-15)12-18-16-7-4-8-19(16)22(3)21-18/h5-6,9-10H,4,7-8,11-12H2,1-3H3. The Balaban J connectivity index is 1.66. The number of fused-ring (bicyclic) bond motifs is 1. The lowest BCUT2D eigenvalue weighted by atomic mass is 10.1. The van der Waals surface area contributed by atoms with E-state index < -0.39 is 0 Å². The molecular formula is C20H23N3O3. The number of furan rings is 2. The first kappa shape index (κ1) is 16.7. The maximum Gasteiger partial charge on any atom is 0.258 e. The van der Waals surface area contributed by atoms with Crippen molar-refractivity contribution < 1.29 is 13.6 Å². The zero-order chi connectivity index (χ0) is 18.3. The lowest BCUT2D eigenvalue weighted by Gasteiger charge is -2.21. The number of aromatic nitrogens is 2. The molecule has 0 bridgehead atoms. The molecule has 0 atom stereocenters. The van der Waals surface area contributed by atoms with Gasteiger partial charge in [0.05, 0.1) is 30.6 Å². The predicted octanol–water partition coefficient (Wildman–Crippen LogP) is 3.55. The first-order valence-corrected chi connectivity index (χ1v) is 8.95. The molecule has 0 saturated carbocycles. The highest BCUT2D eigenvalue weighted by atomic mass is 16.3. The molecular weight excluding hydrogens is 330 g/mol. The third-order valence-electron chi connectivity index (χ3n) is 5.02. The summed E-state index contributed by atoms with van der Waals surface area (Å²) in [6.45, 7) is 4.54. The molecule has 3 heterocycles. The normalized spacial score (nSPS) is 13.2. The third-order valence-corrected chi connectivity index (χ3v) is 5.02. The lowest BCUT2D eigenvalue weighted by Crippen LogP contribution is -2.30. The number of nitrogens with zero attached hydrogens (tertiary/aromatic N) is 3. The van der Waals surface area contributed by atoms with Gasteiger partial charge in [-0.05, 0) is 56.9 Å². The highest BCUT2D eigenvalue weighted by Gasteiger charge is 2.26. The Kier molecular flexibility index (Phi) is 4.18. The third kappa shape index (κ3) is 2.96. The topological polar surface area (TPSA) is 64.4 Å². The van der Waals surface area contributed by atoms with E-state index >= 15 is 0 Å². The Morgan fingerprint density at radius 1 is 1.31 bits per heavy atom. The largest absolute Gasteiger partial charge is 0.467 e. The van der Waals surface area contributed by atoms with E-state index in [-0.39, 0.29) is 5.91 Å². The smallest absolute Gasteiger partial charge is 0.258 e. The molecule has 1 aliphatic carbocycles. The number of aryl methyl sites for hydroxylation is 3. The van der Waals surface area contributed by atoms with E-state index in [0.29, 0.717) is 24.4 Å². The van der Waals surface area contributed by atoms with Gasteiger partial charge in [-0.1, -0.05) is 0 Å². The average Bonchev–Trinajstić information content (AvgIpc) is 3.35. The van der Waals surface area contributed by atoms with E-state index in [9.17, 15) is 4.79 Å². The molecule has 0 fully saturated rings. The Morgan fingerprint density at radius 3 is 2.85 bits per heavy atom. The summed E-state index contributed by atoms with van der Waals surface area (Å²) in [5, 5.41) is 4.67. The second kappa shape index (κ2) is 6.52. The van der Waals surface area contributed by atoms with Gasteiger partial charge in [0, 0.05) is 12.7 Å². The zero-order valence-electron chi connectivity index (χ0n) is 15.4. The Labute approximate surface area is 152 Å². The quantitative estimate of drug-likeness (QED) is 0.703. The van der Waals surface area contributed by atoms with Gasteiger partial charge >= 0.3 is 0 Å². The molecule has 6 nitrogen and oxygen atoms in total. The molecule has 26 heavy (non-hydrogen) atoms. The van der Waals surface area contributed by atoms with Crippen LogP contribution >= 0.6 is 0 Å². The zero-order valence-corrected chi connectivity index (χ0v) is 15.4. The molecule has 4 rings (SSSR count). The summed E-state index contributed by atoms with van der Waals surface area (Å²) in [5.74, 6) is 2.07. The van der Waals surface area contributed by atoms with E-state index in [2.05, 4.69) is 5.10 Å². The summed E-state index contributed by atoms with van der Waals surface area (Å²) in [4.78, 5) is 15.0. The van der Waals surface area contributed by atoms with Crippen LogP contribution in [0.4, 0.5) is 0 Å². The van der Waals surface area contributed by atoms with Crippen molar-refractivity contribution in [2.45, 2.75) is 46.2 Å². The van der Waals surface area contributed by atoms with Gasteiger partial charge < -0.3 is 13.7 Å². The van der Waals surface area contributed by atoms with Crippen molar-refractivity contribution in [1.82, 2.24) is 14.7 Å². The molecule has 3 aromatic rings. The van der Waals surface area contributed by atoms with Gasteiger partial charge in [0.25, 0.3) is 5.91 Å². The predicted molar refractivity (Wildman–Crippen MR) is 95.7 cm³/mol. The van der Waals surface area contributed by atoms with Crippen molar-refractivity contribution in [2.24, 2.45) is 7.05 Å². The van der Waals surface area contributed by atoms with Crippen LogP contribution < -0.4 is 0 Å². The minimum absolute atomic E-state index is 0.0619. The molecule has 6 heteroatoms. The molecule has 1 amide bonds. The first-order chi connectivity index (χ1) is 12.5. The van der Waals surface area contributed by atoms with Crippen molar-refractivity contribution >= 4 is 5.91 Å². The van der Waals surface area contributed by atoms with Crippen molar-refractivity contribution in [1.29, 1.82) is 0 Å². The summed E-state index contributed by atoms with van der Waals surface area (Å²) in [6.07, 6.45) is 4.88. The van der Waals surface area contributed by atoms with Gasteiger partial charge in [0.15, 0.2) is 0 Å². The van der Waals surface area contributed by atoms with Crippen LogP contribution in [0.1, 0.15) is 51.0 Å². The second-order valence-corrected chi connectivity index (χ2v) is 6.92. The first-order valence-electron chi connectivity index (χ1n) is 8.95. The van der Waals surface area contributed by atoms with E-state index in [1.807, 2.05) is 37.7 Å². The van der Waals surface area contributed by atoms with Crippen LogP contribution in [-0.2, 0) is 33.0 Å². The lowest BCUT2D eigenvalue weighted by molar-refractivity contribution is 0.0713. The van der Waals surface area contributed by atoms with Gasteiger partial charge in [-0.2, -0.15) is 5.10 Å². The number of hydrogen-bond acceptors (Lipinski definition) is 4. The number of amides is 1. The Hall–Kier alpha value is -2.76. The van der Waals surface area contributed by atoms with Gasteiger partial charge in [-0.3, -0.25) is 9.48 Å². The highest BCUT2D eigenvalue weighted by Crippen LogP contribution is 2.27. The van der Waals surface area contributed by atoms with Crippen molar-refractivity contribution in [2.75, 3.05) is 0 Å². The number of hydrogen-bond donors (Lipinski definition) is 0. The monoisotopic (exact) mass is 353 g/mol. The highest BCUT2D eigenvalue weighted by molar-refractivity contribution is 5.95. The second-order valence-electron chi connectivity index (χ2n) is 6.92. The SMILES string of the molecule is Cc1cc(C(=O)N(Cc2ccco2)Cc2nn(C)c3c2CCC3)c(C)o1. The van der Waals surface area contributed by atoms with Crippen LogP contribution in [-0.4, -0.2) is 20.6 Å². The maximum absolute atomic E-state index is 13.2. The summed E-state index contributed by atoms with van der Waals surface area (Å²) < 4.78 is 13.0. The Morgan fingerprint density at radius 2 is 2.15 bits per heavy atom. The van der Waals surface area contributed by atoms with E-state index in [0.717, 1.165) is 36.5 Å². The molecule has 0 radical (unpaired) electrons. The van der Waals surface area contributed by atoms with Crippen LogP contribution in [0.25, 0.3) is 0 Å². The fourth-order valence-corrected chi connectivity index (χ4v) is 3.81. The van der Waals surface area contributed by atoms with Crippen molar-refractivity contribution in [3.63, 3.8) is 0 Å². The van der Waals surface area contributed by atoms with Gasteiger partial charge in [0.2, 0.25) is 0 Å². The van der Waals surface area contributed by atoms with E-state index in [4.69, 9.17) is 8.83 Å². The van der Waals surface area contributed by atoms with Crippen molar-refractivity contribution in [3.05, 3.63) is 64.3 Å². The summed E-state index contributed by atoms with van der Waals surface area (Å²) in [5.41, 5.74) is 4.17. The average molecular weight is 353 g/mol. The number of carbonyl (C=O) groups is 1. The van der Waals surface area contributed by atoms with Crippen LogP contribution in [0.2, 0.25) is 0 Å². The molecule has 0 aliphatic heterocycles. The summed E-state index contributed by atoms with van der Waals surface area (Å²) >= 11 is 0. The minimum atomic E-state index is -0.0619. The molecule has 0 N–H and O–H groups in total. The van der Waals surface area contributed by atoms with Crippen LogP contribution in [0, 0.1) is 13.8 Å². The van der Waals surface area contributed by atoms with Crippen LogP contribution in [0.3, 0.4) is 0 Å². The minimum Gasteiger partial charge on any atom is -0.467 e.